The zero-order valence-corrected chi connectivity index (χ0v) is 11.7. The number of esters is 1. The number of hydrogen-bond acceptors (Lipinski definition) is 3. The Morgan fingerprint density at radius 1 is 1.05 bits per heavy atom. The molecule has 0 radical (unpaired) electrons. The number of rotatable bonds is 9. The van der Waals surface area contributed by atoms with Crippen molar-refractivity contribution in [2.45, 2.75) is 25.7 Å². The Labute approximate surface area is 119 Å². The molecule has 0 spiro atoms. The van der Waals surface area contributed by atoms with Gasteiger partial charge in [0.2, 0.25) is 0 Å². The van der Waals surface area contributed by atoms with Gasteiger partial charge in [0.1, 0.15) is 10.8 Å². The molecule has 0 heterocycles. The van der Waals surface area contributed by atoms with Crippen LogP contribution in [0.3, 0.4) is 0 Å². The van der Waals surface area contributed by atoms with Gasteiger partial charge in [-0.15, -0.1) is 0 Å². The van der Waals surface area contributed by atoms with Gasteiger partial charge >= 0.3 is 5.97 Å². The third-order valence-electron chi connectivity index (χ3n) is 2.51. The number of hydrogen-bond donors (Lipinski definition) is 0. The average molecular weight is 283 g/mol. The van der Waals surface area contributed by atoms with Gasteiger partial charge in [-0.25, -0.2) is 4.79 Å². The summed E-state index contributed by atoms with van der Waals surface area (Å²) in [4.78, 5) is 11.0. The van der Waals surface area contributed by atoms with E-state index in [-0.39, 0.29) is 5.03 Å². The molecule has 0 N–H and O–H groups in total. The first-order chi connectivity index (χ1) is 9.20. The van der Waals surface area contributed by atoms with Crippen LogP contribution >= 0.6 is 11.6 Å². The van der Waals surface area contributed by atoms with Gasteiger partial charge in [-0.3, -0.25) is 0 Å². The van der Waals surface area contributed by atoms with Crippen molar-refractivity contribution in [3.63, 3.8) is 0 Å². The molecule has 0 aromatic heterocycles. The summed E-state index contributed by atoms with van der Waals surface area (Å²) in [5, 5.41) is -0.0729. The molecule has 0 amide bonds. The Morgan fingerprint density at radius 3 is 2.32 bits per heavy atom. The van der Waals surface area contributed by atoms with E-state index >= 15 is 0 Å². The molecule has 1 rings (SSSR count). The van der Waals surface area contributed by atoms with Crippen LogP contribution in [0.2, 0.25) is 0 Å². The van der Waals surface area contributed by atoms with E-state index in [2.05, 4.69) is 6.58 Å². The van der Waals surface area contributed by atoms with Crippen LogP contribution in [-0.4, -0.2) is 19.2 Å². The second-order valence-electron chi connectivity index (χ2n) is 4.12. The first-order valence-electron chi connectivity index (χ1n) is 6.39. The van der Waals surface area contributed by atoms with Gasteiger partial charge in [0.15, 0.2) is 0 Å². The number of para-hydroxylation sites is 1. The van der Waals surface area contributed by atoms with Crippen molar-refractivity contribution in [2.24, 2.45) is 0 Å². The van der Waals surface area contributed by atoms with Crippen molar-refractivity contribution in [1.29, 1.82) is 0 Å². The van der Waals surface area contributed by atoms with Gasteiger partial charge in [-0.1, -0.05) is 36.4 Å². The molecule has 4 heteroatoms. The maximum Gasteiger partial charge on any atom is 0.349 e. The van der Waals surface area contributed by atoms with Crippen molar-refractivity contribution in [3.05, 3.63) is 41.9 Å². The summed E-state index contributed by atoms with van der Waals surface area (Å²) in [5.74, 6) is 0.367. The average Bonchev–Trinajstić information content (AvgIpc) is 2.42. The Kier molecular flexibility index (Phi) is 7.75. The summed E-state index contributed by atoms with van der Waals surface area (Å²) in [6.07, 6.45) is 3.87. The van der Waals surface area contributed by atoms with E-state index in [4.69, 9.17) is 21.1 Å². The summed E-state index contributed by atoms with van der Waals surface area (Å²) in [5.41, 5.74) is 0. The van der Waals surface area contributed by atoms with Crippen molar-refractivity contribution in [3.8, 4) is 5.75 Å². The van der Waals surface area contributed by atoms with Crippen molar-refractivity contribution < 1.29 is 14.3 Å². The van der Waals surface area contributed by atoms with Gasteiger partial charge < -0.3 is 9.47 Å². The quantitative estimate of drug-likeness (QED) is 0.391. The zero-order valence-electron chi connectivity index (χ0n) is 10.9. The molecule has 0 unspecified atom stereocenters. The van der Waals surface area contributed by atoms with Crippen LogP contribution in [-0.2, 0) is 9.53 Å². The normalized spacial score (nSPS) is 9.95. The minimum absolute atomic E-state index is 0.0729. The maximum atomic E-state index is 11.0. The van der Waals surface area contributed by atoms with Crippen LogP contribution in [0.4, 0.5) is 0 Å². The summed E-state index contributed by atoms with van der Waals surface area (Å²) in [6, 6.07) is 9.75. The molecule has 1 aromatic carbocycles. The molecule has 3 nitrogen and oxygen atoms in total. The number of ether oxygens (including phenoxy) is 2. The van der Waals surface area contributed by atoms with Gasteiger partial charge in [0.25, 0.3) is 0 Å². The Balaban J connectivity index is 1.92. The van der Waals surface area contributed by atoms with E-state index in [0.29, 0.717) is 13.2 Å². The molecular formula is C15H19ClO3. The smallest absolute Gasteiger partial charge is 0.349 e. The minimum Gasteiger partial charge on any atom is -0.494 e. The fourth-order valence-electron chi connectivity index (χ4n) is 1.51. The lowest BCUT2D eigenvalue weighted by Crippen LogP contribution is -2.05. The van der Waals surface area contributed by atoms with E-state index in [0.717, 1.165) is 31.4 Å². The summed E-state index contributed by atoms with van der Waals surface area (Å²) >= 11 is 5.38. The molecule has 0 saturated heterocycles. The number of halogens is 1. The zero-order chi connectivity index (χ0) is 13.9. The van der Waals surface area contributed by atoms with Gasteiger partial charge in [-0.2, -0.15) is 0 Å². The molecule has 0 saturated carbocycles. The van der Waals surface area contributed by atoms with Crippen molar-refractivity contribution >= 4 is 17.6 Å². The Morgan fingerprint density at radius 2 is 1.68 bits per heavy atom. The van der Waals surface area contributed by atoms with E-state index in [1.807, 2.05) is 30.3 Å². The molecule has 0 atom stereocenters. The first kappa shape index (κ1) is 15.6. The molecule has 0 aliphatic carbocycles. The molecule has 0 fully saturated rings. The maximum absolute atomic E-state index is 11.0. The van der Waals surface area contributed by atoms with Crippen LogP contribution in [0, 0.1) is 0 Å². The van der Waals surface area contributed by atoms with E-state index in [9.17, 15) is 4.79 Å². The van der Waals surface area contributed by atoms with Gasteiger partial charge in [0, 0.05) is 0 Å². The van der Waals surface area contributed by atoms with Gasteiger partial charge in [-0.05, 0) is 37.8 Å². The highest BCUT2D eigenvalue weighted by Crippen LogP contribution is 2.09. The lowest BCUT2D eigenvalue weighted by Gasteiger charge is -2.06. The second kappa shape index (κ2) is 9.45. The monoisotopic (exact) mass is 282 g/mol. The molecule has 1 aromatic rings. The highest BCUT2D eigenvalue weighted by Gasteiger charge is 2.03. The Hall–Kier alpha value is -1.48. The van der Waals surface area contributed by atoms with E-state index in [1.54, 1.807) is 0 Å². The largest absolute Gasteiger partial charge is 0.494 e. The predicted molar refractivity (Wildman–Crippen MR) is 76.4 cm³/mol. The first-order valence-corrected chi connectivity index (χ1v) is 6.77. The molecule has 0 aliphatic rings. The molecule has 0 bridgehead atoms. The highest BCUT2D eigenvalue weighted by atomic mass is 35.5. The van der Waals surface area contributed by atoms with Crippen molar-refractivity contribution in [2.75, 3.05) is 13.2 Å². The minimum atomic E-state index is -0.533. The number of benzene rings is 1. The molecule has 0 aliphatic heterocycles. The van der Waals surface area contributed by atoms with Crippen LogP contribution in [0.25, 0.3) is 0 Å². The van der Waals surface area contributed by atoms with E-state index in [1.165, 1.54) is 0 Å². The molecular weight excluding hydrogens is 264 g/mol. The van der Waals surface area contributed by atoms with Crippen LogP contribution in [0.5, 0.6) is 5.75 Å². The van der Waals surface area contributed by atoms with Crippen LogP contribution in [0.1, 0.15) is 25.7 Å². The third-order valence-corrected chi connectivity index (χ3v) is 2.66. The Bertz CT molecular complexity index is 390. The third kappa shape index (κ3) is 7.52. The predicted octanol–water partition coefficient (Wildman–Crippen LogP) is 3.92. The second-order valence-corrected chi connectivity index (χ2v) is 4.57. The highest BCUT2D eigenvalue weighted by molar-refractivity contribution is 6.40. The van der Waals surface area contributed by atoms with Crippen molar-refractivity contribution in [1.82, 2.24) is 0 Å². The number of carbonyl (C=O) groups excluding carboxylic acids is 1. The number of unbranched alkanes of at least 4 members (excludes halogenated alkanes) is 3. The summed E-state index contributed by atoms with van der Waals surface area (Å²) in [7, 11) is 0. The van der Waals surface area contributed by atoms with Crippen LogP contribution in [0.15, 0.2) is 41.9 Å². The molecule has 19 heavy (non-hydrogen) atoms. The SMILES string of the molecule is C=C(Cl)C(=O)OCCCCCCOc1ccccc1. The molecule has 104 valence electrons. The summed E-state index contributed by atoms with van der Waals surface area (Å²) in [6.45, 7) is 4.40. The van der Waals surface area contributed by atoms with Gasteiger partial charge in [0.05, 0.1) is 13.2 Å². The fraction of sp³-hybridized carbons (Fsp3) is 0.400. The summed E-state index contributed by atoms with van der Waals surface area (Å²) < 4.78 is 10.4. The van der Waals surface area contributed by atoms with E-state index < -0.39 is 5.97 Å². The lowest BCUT2D eigenvalue weighted by atomic mass is 10.2. The lowest BCUT2D eigenvalue weighted by molar-refractivity contribution is -0.138. The standard InChI is InChI=1S/C15H19ClO3/c1-13(16)15(17)19-12-8-3-2-7-11-18-14-9-5-4-6-10-14/h4-6,9-10H,1-3,7-8,11-12H2. The fourth-order valence-corrected chi connectivity index (χ4v) is 1.56. The number of carbonyl (C=O) groups is 1. The van der Waals surface area contributed by atoms with Crippen LogP contribution < -0.4 is 4.74 Å². The topological polar surface area (TPSA) is 35.5 Å².